The summed E-state index contributed by atoms with van der Waals surface area (Å²) in [4.78, 5) is 18.0. The molecule has 23 heavy (non-hydrogen) atoms. The highest BCUT2D eigenvalue weighted by Gasteiger charge is 2.33. The average Bonchev–Trinajstić information content (AvgIpc) is 2.83. The first-order valence-electron chi connectivity index (χ1n) is 8.35. The number of aryl methyl sites for hydroxylation is 2. The topological polar surface area (TPSA) is 53.4 Å². The number of carbonyl (C=O) groups is 1. The minimum Gasteiger partial charge on any atom is -0.478 e. The minimum absolute atomic E-state index is 0.142. The third-order valence-electron chi connectivity index (χ3n) is 4.78. The van der Waals surface area contributed by atoms with Gasteiger partial charge >= 0.3 is 5.97 Å². The summed E-state index contributed by atoms with van der Waals surface area (Å²) in [6.45, 7) is 0.584. The number of halogens is 2. The summed E-state index contributed by atoms with van der Waals surface area (Å²) in [6, 6.07) is 1.72. The van der Waals surface area contributed by atoms with Crippen LogP contribution in [0.25, 0.3) is 0 Å². The summed E-state index contributed by atoms with van der Waals surface area (Å²) in [7, 11) is 0. The molecule has 0 radical (unpaired) electrons. The van der Waals surface area contributed by atoms with E-state index >= 15 is 0 Å². The lowest BCUT2D eigenvalue weighted by atomic mass is 10.0. The summed E-state index contributed by atoms with van der Waals surface area (Å²) >= 11 is 0. The molecule has 3 rings (SSSR count). The van der Waals surface area contributed by atoms with Crippen LogP contribution >= 0.6 is 0 Å². The van der Waals surface area contributed by atoms with E-state index in [0.29, 0.717) is 18.8 Å². The van der Waals surface area contributed by atoms with E-state index in [9.17, 15) is 18.7 Å². The number of carboxylic acids is 1. The van der Waals surface area contributed by atoms with Gasteiger partial charge in [-0.2, -0.15) is 0 Å². The number of alkyl halides is 2. The highest BCUT2D eigenvalue weighted by atomic mass is 19.3. The smallest absolute Gasteiger partial charge is 0.339 e. The molecule has 1 aliphatic heterocycles. The van der Waals surface area contributed by atoms with Gasteiger partial charge in [0.2, 0.25) is 5.92 Å². The molecule has 0 saturated carbocycles. The van der Waals surface area contributed by atoms with Gasteiger partial charge in [0.05, 0.1) is 0 Å². The fraction of sp³-hybridized carbons (Fsp3) is 0.647. The fourth-order valence-corrected chi connectivity index (χ4v) is 3.47. The van der Waals surface area contributed by atoms with Gasteiger partial charge in [-0.3, -0.25) is 0 Å². The highest BCUT2D eigenvalue weighted by Crippen LogP contribution is 2.32. The molecule has 0 spiro atoms. The predicted octanol–water partition coefficient (Wildman–Crippen LogP) is 3.67. The molecular formula is C17H22F2N2O2. The van der Waals surface area contributed by atoms with Crippen molar-refractivity contribution in [1.29, 1.82) is 0 Å². The van der Waals surface area contributed by atoms with Gasteiger partial charge in [-0.1, -0.05) is 6.42 Å². The number of hydrogen-bond acceptors (Lipinski definition) is 3. The lowest BCUT2D eigenvalue weighted by molar-refractivity contribution is -0.0102. The number of fused-ring (bicyclic) bond motifs is 1. The number of anilines is 1. The Labute approximate surface area is 134 Å². The minimum atomic E-state index is -2.66. The average molecular weight is 324 g/mol. The molecule has 1 N–H and O–H groups in total. The molecule has 0 unspecified atom stereocenters. The standard InChI is InChI=1S/C17H22F2N2O2/c18-17(19)7-4-9-21(10-8-17)15-13(16(22)23)11-12-5-2-1-3-6-14(12)20-15/h11H,1-10H2,(H,22,23). The number of nitrogens with zero attached hydrogens (tertiary/aromatic N) is 2. The Morgan fingerprint density at radius 1 is 1.13 bits per heavy atom. The monoisotopic (exact) mass is 324 g/mol. The first-order valence-corrected chi connectivity index (χ1v) is 8.35. The van der Waals surface area contributed by atoms with Crippen molar-refractivity contribution in [2.45, 2.75) is 57.3 Å². The second kappa shape index (κ2) is 6.42. The zero-order valence-corrected chi connectivity index (χ0v) is 13.2. The molecular weight excluding hydrogens is 302 g/mol. The third kappa shape index (κ3) is 3.62. The van der Waals surface area contributed by atoms with E-state index in [-0.39, 0.29) is 24.9 Å². The Hall–Kier alpha value is -1.72. The van der Waals surface area contributed by atoms with Crippen LogP contribution < -0.4 is 4.90 Å². The molecule has 126 valence electrons. The number of aromatic nitrogens is 1. The van der Waals surface area contributed by atoms with Crippen molar-refractivity contribution in [3.63, 3.8) is 0 Å². The summed E-state index contributed by atoms with van der Waals surface area (Å²) < 4.78 is 27.2. The number of rotatable bonds is 2. The van der Waals surface area contributed by atoms with Crippen LogP contribution in [0.15, 0.2) is 6.07 Å². The van der Waals surface area contributed by atoms with Gasteiger partial charge in [0.15, 0.2) is 0 Å². The maximum absolute atomic E-state index is 13.6. The lowest BCUT2D eigenvalue weighted by Gasteiger charge is -2.24. The number of aromatic carboxylic acids is 1. The quantitative estimate of drug-likeness (QED) is 0.843. The molecule has 2 heterocycles. The summed E-state index contributed by atoms with van der Waals surface area (Å²) in [5.74, 6) is -3.32. The van der Waals surface area contributed by atoms with Crippen molar-refractivity contribution in [3.05, 3.63) is 22.9 Å². The van der Waals surface area contributed by atoms with Crippen LogP contribution in [-0.4, -0.2) is 35.1 Å². The number of pyridine rings is 1. The highest BCUT2D eigenvalue weighted by molar-refractivity contribution is 5.93. The van der Waals surface area contributed by atoms with E-state index in [1.54, 1.807) is 11.0 Å². The first-order chi connectivity index (χ1) is 11.0. The molecule has 1 aromatic rings. The molecule has 1 aromatic heterocycles. The van der Waals surface area contributed by atoms with Crippen molar-refractivity contribution in [2.24, 2.45) is 0 Å². The Bertz CT molecular complexity index is 605. The molecule has 2 aliphatic rings. The van der Waals surface area contributed by atoms with Gasteiger partial charge in [0.1, 0.15) is 11.4 Å². The molecule has 0 bridgehead atoms. The first kappa shape index (κ1) is 16.1. The van der Waals surface area contributed by atoms with Crippen molar-refractivity contribution < 1.29 is 18.7 Å². The van der Waals surface area contributed by atoms with E-state index in [2.05, 4.69) is 4.98 Å². The van der Waals surface area contributed by atoms with Crippen LogP contribution in [0.4, 0.5) is 14.6 Å². The molecule has 0 amide bonds. The van der Waals surface area contributed by atoms with Crippen LogP contribution in [0.2, 0.25) is 0 Å². The predicted molar refractivity (Wildman–Crippen MR) is 83.5 cm³/mol. The molecule has 1 fully saturated rings. The maximum Gasteiger partial charge on any atom is 0.339 e. The molecule has 1 saturated heterocycles. The van der Waals surface area contributed by atoms with Gasteiger partial charge in [-0.15, -0.1) is 0 Å². The van der Waals surface area contributed by atoms with Crippen LogP contribution in [0, 0.1) is 0 Å². The Morgan fingerprint density at radius 3 is 2.70 bits per heavy atom. The number of hydrogen-bond donors (Lipinski definition) is 1. The Kier molecular flexibility index (Phi) is 4.50. The van der Waals surface area contributed by atoms with Gasteiger partial charge in [-0.25, -0.2) is 18.6 Å². The molecule has 4 nitrogen and oxygen atoms in total. The molecule has 0 atom stereocenters. The fourth-order valence-electron chi connectivity index (χ4n) is 3.47. The second-order valence-electron chi connectivity index (χ2n) is 6.53. The molecule has 0 aromatic carbocycles. The lowest BCUT2D eigenvalue weighted by Crippen LogP contribution is -2.29. The van der Waals surface area contributed by atoms with E-state index in [1.165, 1.54) is 0 Å². The van der Waals surface area contributed by atoms with Gasteiger partial charge in [-0.05, 0) is 43.7 Å². The van der Waals surface area contributed by atoms with Crippen molar-refractivity contribution in [1.82, 2.24) is 4.98 Å². The largest absolute Gasteiger partial charge is 0.478 e. The zero-order valence-electron chi connectivity index (χ0n) is 13.2. The molecule has 1 aliphatic carbocycles. The van der Waals surface area contributed by atoms with E-state index in [1.807, 2.05) is 0 Å². The van der Waals surface area contributed by atoms with Crippen molar-refractivity contribution in [2.75, 3.05) is 18.0 Å². The summed E-state index contributed by atoms with van der Waals surface area (Å²) in [6.07, 6.45) is 4.86. The van der Waals surface area contributed by atoms with E-state index in [0.717, 1.165) is 43.4 Å². The summed E-state index contributed by atoms with van der Waals surface area (Å²) in [5.41, 5.74) is 2.10. The van der Waals surface area contributed by atoms with Gasteiger partial charge in [0, 0.05) is 31.6 Å². The second-order valence-corrected chi connectivity index (χ2v) is 6.53. The van der Waals surface area contributed by atoms with Crippen LogP contribution in [-0.2, 0) is 12.8 Å². The maximum atomic E-state index is 13.6. The van der Waals surface area contributed by atoms with E-state index < -0.39 is 11.9 Å². The third-order valence-corrected chi connectivity index (χ3v) is 4.78. The van der Waals surface area contributed by atoms with Gasteiger partial charge in [0.25, 0.3) is 0 Å². The SMILES string of the molecule is O=C(O)c1cc2c(nc1N1CCCC(F)(F)CC1)CCCCC2. The zero-order chi connectivity index (χ0) is 16.4. The van der Waals surface area contributed by atoms with Crippen LogP contribution in [0.3, 0.4) is 0 Å². The number of carboxylic acid groups (broad SMARTS) is 1. The van der Waals surface area contributed by atoms with Gasteiger partial charge < -0.3 is 10.0 Å². The molecule has 6 heteroatoms. The van der Waals surface area contributed by atoms with Crippen LogP contribution in [0.5, 0.6) is 0 Å². The summed E-state index contributed by atoms with van der Waals surface area (Å²) in [5, 5.41) is 9.53. The van der Waals surface area contributed by atoms with Crippen molar-refractivity contribution in [3.8, 4) is 0 Å². The Balaban J connectivity index is 1.96. The van der Waals surface area contributed by atoms with Crippen LogP contribution in [0.1, 0.15) is 60.1 Å². The van der Waals surface area contributed by atoms with E-state index in [4.69, 9.17) is 0 Å². The normalized spacial score (nSPS) is 21.2. The van der Waals surface area contributed by atoms with Crippen molar-refractivity contribution >= 4 is 11.8 Å². The Morgan fingerprint density at radius 2 is 1.91 bits per heavy atom.